The van der Waals surface area contributed by atoms with Gasteiger partial charge in [0.1, 0.15) is 0 Å². The summed E-state index contributed by atoms with van der Waals surface area (Å²) in [4.78, 5) is 0. The second-order valence-electron chi connectivity index (χ2n) is 3.96. The molecule has 0 aromatic carbocycles. The van der Waals surface area contributed by atoms with Crippen LogP contribution in [0.3, 0.4) is 0 Å². The summed E-state index contributed by atoms with van der Waals surface area (Å²) in [5.41, 5.74) is -0.0467. The van der Waals surface area contributed by atoms with Crippen molar-refractivity contribution < 1.29 is 4.74 Å². The van der Waals surface area contributed by atoms with Gasteiger partial charge in [0, 0.05) is 0 Å². The molecular formula is C10H18O. The highest BCUT2D eigenvalue weighted by Gasteiger charge is 2.34. The summed E-state index contributed by atoms with van der Waals surface area (Å²) < 4.78 is 5.84. The third-order valence-electron chi connectivity index (χ3n) is 2.52. The summed E-state index contributed by atoms with van der Waals surface area (Å²) in [6.07, 6.45) is 4.67. The molecule has 2 atom stereocenters. The standard InChI is InChI=1S/C10H18O/c1-5-10(4)7-6-9(11-10)8(2)3/h5,8-9H,1,6-7H2,2-4H3/t9-,10-/m1/s1. The van der Waals surface area contributed by atoms with Gasteiger partial charge >= 0.3 is 0 Å². The van der Waals surface area contributed by atoms with E-state index in [9.17, 15) is 0 Å². The molecule has 1 aliphatic rings. The molecule has 0 N–H and O–H groups in total. The fourth-order valence-corrected chi connectivity index (χ4v) is 1.51. The molecule has 0 aromatic heterocycles. The van der Waals surface area contributed by atoms with Crippen LogP contribution in [0.15, 0.2) is 12.7 Å². The molecular weight excluding hydrogens is 136 g/mol. The number of ether oxygens (including phenoxy) is 1. The monoisotopic (exact) mass is 154 g/mol. The SMILES string of the molecule is C=C[C@]1(C)CC[C@H](C(C)C)O1. The fourth-order valence-electron chi connectivity index (χ4n) is 1.51. The number of hydrogen-bond acceptors (Lipinski definition) is 1. The van der Waals surface area contributed by atoms with E-state index in [2.05, 4.69) is 27.4 Å². The van der Waals surface area contributed by atoms with Crippen LogP contribution < -0.4 is 0 Å². The molecule has 11 heavy (non-hydrogen) atoms. The Morgan fingerprint density at radius 3 is 2.55 bits per heavy atom. The van der Waals surface area contributed by atoms with Crippen molar-refractivity contribution in [2.45, 2.75) is 45.3 Å². The summed E-state index contributed by atoms with van der Waals surface area (Å²) in [7, 11) is 0. The van der Waals surface area contributed by atoms with E-state index < -0.39 is 0 Å². The number of rotatable bonds is 2. The molecule has 0 aliphatic carbocycles. The maximum absolute atomic E-state index is 5.84. The van der Waals surface area contributed by atoms with Gasteiger partial charge in [-0.05, 0) is 25.7 Å². The van der Waals surface area contributed by atoms with E-state index in [1.807, 2.05) is 6.08 Å². The molecule has 1 aliphatic heterocycles. The first kappa shape index (κ1) is 8.79. The Labute approximate surface area is 69.4 Å². The van der Waals surface area contributed by atoms with Crippen LogP contribution in [0.4, 0.5) is 0 Å². The summed E-state index contributed by atoms with van der Waals surface area (Å²) in [6.45, 7) is 10.3. The van der Waals surface area contributed by atoms with E-state index in [1.165, 1.54) is 6.42 Å². The zero-order valence-electron chi connectivity index (χ0n) is 7.76. The lowest BCUT2D eigenvalue weighted by molar-refractivity contribution is -0.0160. The van der Waals surface area contributed by atoms with Crippen LogP contribution >= 0.6 is 0 Å². The lowest BCUT2D eigenvalue weighted by Gasteiger charge is -2.22. The Morgan fingerprint density at radius 1 is 1.64 bits per heavy atom. The van der Waals surface area contributed by atoms with E-state index in [0.29, 0.717) is 12.0 Å². The number of hydrogen-bond donors (Lipinski definition) is 0. The highest BCUT2D eigenvalue weighted by Crippen LogP contribution is 2.33. The van der Waals surface area contributed by atoms with Gasteiger partial charge < -0.3 is 4.74 Å². The lowest BCUT2D eigenvalue weighted by atomic mass is 10.00. The Bertz CT molecular complexity index is 151. The van der Waals surface area contributed by atoms with Crippen LogP contribution in [0.25, 0.3) is 0 Å². The highest BCUT2D eigenvalue weighted by molar-refractivity contribution is 4.98. The van der Waals surface area contributed by atoms with Crippen molar-refractivity contribution in [1.29, 1.82) is 0 Å². The van der Waals surface area contributed by atoms with Gasteiger partial charge in [-0.3, -0.25) is 0 Å². The second-order valence-corrected chi connectivity index (χ2v) is 3.96. The van der Waals surface area contributed by atoms with Crippen molar-refractivity contribution in [3.05, 3.63) is 12.7 Å². The highest BCUT2D eigenvalue weighted by atomic mass is 16.5. The van der Waals surface area contributed by atoms with Crippen molar-refractivity contribution in [2.75, 3.05) is 0 Å². The second kappa shape index (κ2) is 2.98. The maximum atomic E-state index is 5.84. The largest absolute Gasteiger partial charge is 0.368 e. The van der Waals surface area contributed by atoms with Crippen molar-refractivity contribution in [2.24, 2.45) is 5.92 Å². The van der Waals surface area contributed by atoms with Crippen molar-refractivity contribution in [3.8, 4) is 0 Å². The van der Waals surface area contributed by atoms with Crippen molar-refractivity contribution >= 4 is 0 Å². The summed E-state index contributed by atoms with van der Waals surface area (Å²) in [5.74, 6) is 0.636. The minimum absolute atomic E-state index is 0.0467. The molecule has 0 amide bonds. The maximum Gasteiger partial charge on any atom is 0.0836 e. The molecule has 1 heteroatoms. The Balaban J connectivity index is 2.52. The zero-order chi connectivity index (χ0) is 8.48. The van der Waals surface area contributed by atoms with Gasteiger partial charge in [0.05, 0.1) is 11.7 Å². The third kappa shape index (κ3) is 1.84. The summed E-state index contributed by atoms with van der Waals surface area (Å²) in [6, 6.07) is 0. The molecule has 0 unspecified atom stereocenters. The first-order valence-electron chi connectivity index (χ1n) is 4.39. The minimum Gasteiger partial charge on any atom is -0.368 e. The molecule has 1 nitrogen and oxygen atoms in total. The minimum atomic E-state index is -0.0467. The Kier molecular flexibility index (Phi) is 2.38. The van der Waals surface area contributed by atoms with Crippen LogP contribution in [0.2, 0.25) is 0 Å². The predicted molar refractivity (Wildman–Crippen MR) is 47.5 cm³/mol. The first-order chi connectivity index (χ1) is 5.07. The predicted octanol–water partition coefficient (Wildman–Crippen LogP) is 2.77. The lowest BCUT2D eigenvalue weighted by Crippen LogP contribution is -2.23. The zero-order valence-corrected chi connectivity index (χ0v) is 7.76. The quantitative estimate of drug-likeness (QED) is 0.556. The van der Waals surface area contributed by atoms with Crippen LogP contribution in [0.1, 0.15) is 33.6 Å². The van der Waals surface area contributed by atoms with E-state index in [0.717, 1.165) is 6.42 Å². The molecule has 1 saturated heterocycles. The molecule has 0 bridgehead atoms. The molecule has 1 fully saturated rings. The van der Waals surface area contributed by atoms with Gasteiger partial charge in [0.15, 0.2) is 0 Å². The normalized spacial score (nSPS) is 38.0. The average Bonchev–Trinajstić information content (AvgIpc) is 2.33. The molecule has 64 valence electrons. The summed E-state index contributed by atoms with van der Waals surface area (Å²) >= 11 is 0. The Hall–Kier alpha value is -0.300. The van der Waals surface area contributed by atoms with E-state index in [-0.39, 0.29) is 5.60 Å². The van der Waals surface area contributed by atoms with Gasteiger partial charge in [-0.25, -0.2) is 0 Å². The Morgan fingerprint density at radius 2 is 2.27 bits per heavy atom. The van der Waals surface area contributed by atoms with Gasteiger partial charge in [-0.1, -0.05) is 19.9 Å². The van der Waals surface area contributed by atoms with Crippen LogP contribution in [-0.4, -0.2) is 11.7 Å². The molecule has 0 saturated carbocycles. The van der Waals surface area contributed by atoms with Gasteiger partial charge in [0.2, 0.25) is 0 Å². The van der Waals surface area contributed by atoms with E-state index >= 15 is 0 Å². The molecule has 0 aromatic rings. The fraction of sp³-hybridized carbons (Fsp3) is 0.800. The van der Waals surface area contributed by atoms with Gasteiger partial charge in [-0.2, -0.15) is 0 Å². The molecule has 0 spiro atoms. The van der Waals surface area contributed by atoms with Crippen LogP contribution in [0, 0.1) is 5.92 Å². The van der Waals surface area contributed by atoms with E-state index in [4.69, 9.17) is 4.74 Å². The van der Waals surface area contributed by atoms with Crippen LogP contribution in [-0.2, 0) is 4.74 Å². The van der Waals surface area contributed by atoms with Gasteiger partial charge in [0.25, 0.3) is 0 Å². The van der Waals surface area contributed by atoms with Crippen molar-refractivity contribution in [1.82, 2.24) is 0 Å². The van der Waals surface area contributed by atoms with Crippen molar-refractivity contribution in [3.63, 3.8) is 0 Å². The van der Waals surface area contributed by atoms with Crippen LogP contribution in [0.5, 0.6) is 0 Å². The third-order valence-corrected chi connectivity index (χ3v) is 2.52. The first-order valence-corrected chi connectivity index (χ1v) is 4.39. The van der Waals surface area contributed by atoms with E-state index in [1.54, 1.807) is 0 Å². The summed E-state index contributed by atoms with van der Waals surface area (Å²) in [5, 5.41) is 0. The topological polar surface area (TPSA) is 9.23 Å². The average molecular weight is 154 g/mol. The molecule has 0 radical (unpaired) electrons. The van der Waals surface area contributed by atoms with Gasteiger partial charge in [-0.15, -0.1) is 6.58 Å². The smallest absolute Gasteiger partial charge is 0.0836 e. The molecule has 1 heterocycles. The molecule has 1 rings (SSSR count).